The third-order valence-corrected chi connectivity index (χ3v) is 10.0. The van der Waals surface area contributed by atoms with Crippen molar-refractivity contribution in [1.82, 2.24) is 0 Å². The van der Waals surface area contributed by atoms with Gasteiger partial charge in [-0.1, -0.05) is 133 Å². The van der Waals surface area contributed by atoms with Gasteiger partial charge in [-0.2, -0.15) is 0 Å². The molecule has 10 rings (SSSR count). The molecule has 50 heavy (non-hydrogen) atoms. The first-order chi connectivity index (χ1) is 24.8. The number of fused-ring (bicyclic) bond motifs is 8. The van der Waals surface area contributed by atoms with Gasteiger partial charge in [0.15, 0.2) is 0 Å². The van der Waals surface area contributed by atoms with E-state index in [2.05, 4.69) is 193 Å². The molecule has 10 aromatic rings. The van der Waals surface area contributed by atoms with Crippen molar-refractivity contribution < 1.29 is 4.42 Å². The van der Waals surface area contributed by atoms with Gasteiger partial charge in [0, 0.05) is 27.8 Å². The maximum atomic E-state index is 6.29. The van der Waals surface area contributed by atoms with Crippen molar-refractivity contribution in [2.24, 2.45) is 0 Å². The predicted octanol–water partition coefficient (Wildman–Crippen LogP) is 13.8. The minimum Gasteiger partial charge on any atom is -0.456 e. The molecule has 2 heteroatoms. The van der Waals surface area contributed by atoms with Crippen molar-refractivity contribution in [3.63, 3.8) is 0 Å². The van der Waals surface area contributed by atoms with Crippen molar-refractivity contribution in [1.29, 1.82) is 0 Å². The molecular formula is C48H31NO. The largest absolute Gasteiger partial charge is 0.456 e. The van der Waals surface area contributed by atoms with E-state index in [1.807, 2.05) is 0 Å². The average Bonchev–Trinajstić information content (AvgIpc) is 3.57. The Hall–Kier alpha value is -6.64. The maximum absolute atomic E-state index is 6.29. The van der Waals surface area contributed by atoms with Crippen LogP contribution in [0.5, 0.6) is 0 Å². The average molecular weight is 638 g/mol. The number of hydrogen-bond acceptors (Lipinski definition) is 2. The number of rotatable bonds is 5. The quantitative estimate of drug-likeness (QED) is 0.175. The second-order valence-corrected chi connectivity index (χ2v) is 13.0. The van der Waals surface area contributed by atoms with Gasteiger partial charge in [-0.25, -0.2) is 0 Å². The number of furan rings is 1. The summed E-state index contributed by atoms with van der Waals surface area (Å²) in [4.78, 5) is 2.36. The van der Waals surface area contributed by atoms with Crippen LogP contribution in [-0.4, -0.2) is 0 Å². The van der Waals surface area contributed by atoms with Gasteiger partial charge < -0.3 is 9.32 Å². The SMILES string of the molecule is c1ccc(-c2ccc(N(c3ccc(-c4ccc5oc6ccc7ccccc7c6c5c4)cc3)c3ccc4ccc5ccccc5c4c3)cc2)cc1. The van der Waals surface area contributed by atoms with E-state index in [9.17, 15) is 0 Å². The molecule has 0 aliphatic heterocycles. The van der Waals surface area contributed by atoms with E-state index in [1.165, 1.54) is 48.8 Å². The van der Waals surface area contributed by atoms with E-state index in [0.29, 0.717) is 0 Å². The molecule has 0 amide bonds. The Labute approximate surface area is 290 Å². The van der Waals surface area contributed by atoms with Crippen LogP contribution in [-0.2, 0) is 0 Å². The van der Waals surface area contributed by atoms with E-state index in [1.54, 1.807) is 0 Å². The lowest BCUT2D eigenvalue weighted by molar-refractivity contribution is 0.669. The molecule has 0 spiro atoms. The van der Waals surface area contributed by atoms with Gasteiger partial charge in [-0.3, -0.25) is 0 Å². The molecule has 0 unspecified atom stereocenters. The Kier molecular flexibility index (Phi) is 6.53. The zero-order valence-corrected chi connectivity index (χ0v) is 27.3. The van der Waals surface area contributed by atoms with Crippen molar-refractivity contribution in [2.45, 2.75) is 0 Å². The molecule has 9 aromatic carbocycles. The Morgan fingerprint density at radius 3 is 1.54 bits per heavy atom. The third-order valence-electron chi connectivity index (χ3n) is 10.0. The molecule has 234 valence electrons. The normalized spacial score (nSPS) is 11.6. The molecule has 1 aromatic heterocycles. The van der Waals surface area contributed by atoms with Crippen LogP contribution in [0.1, 0.15) is 0 Å². The number of hydrogen-bond donors (Lipinski definition) is 0. The van der Waals surface area contributed by atoms with Gasteiger partial charge in [0.1, 0.15) is 11.2 Å². The standard InChI is InChI=1S/C48H31NO/c1-2-8-32(9-3-1)33-16-23-39(24-17-33)49(41-27-20-37-15-14-35-10-4-6-12-42(35)44(37)31-41)40-25-18-34(19-26-40)38-22-28-46-45(30-38)48-43-13-7-5-11-36(43)21-29-47(48)50-46/h1-31H. The summed E-state index contributed by atoms with van der Waals surface area (Å²) in [6.07, 6.45) is 0. The number of nitrogens with zero attached hydrogens (tertiary/aromatic N) is 1. The summed E-state index contributed by atoms with van der Waals surface area (Å²) in [5, 5.41) is 9.73. The summed E-state index contributed by atoms with van der Waals surface area (Å²) < 4.78 is 6.29. The van der Waals surface area contributed by atoms with Crippen LogP contribution in [0, 0.1) is 0 Å². The van der Waals surface area contributed by atoms with Gasteiger partial charge in [0.2, 0.25) is 0 Å². The van der Waals surface area contributed by atoms with E-state index >= 15 is 0 Å². The smallest absolute Gasteiger partial charge is 0.136 e. The van der Waals surface area contributed by atoms with Gasteiger partial charge in [0.05, 0.1) is 0 Å². The zero-order valence-electron chi connectivity index (χ0n) is 27.3. The molecule has 2 nitrogen and oxygen atoms in total. The Morgan fingerprint density at radius 2 is 0.800 bits per heavy atom. The molecule has 0 radical (unpaired) electrons. The number of anilines is 3. The Morgan fingerprint density at radius 1 is 0.300 bits per heavy atom. The lowest BCUT2D eigenvalue weighted by Crippen LogP contribution is -2.09. The maximum Gasteiger partial charge on any atom is 0.136 e. The summed E-state index contributed by atoms with van der Waals surface area (Å²) in [5.41, 5.74) is 9.88. The van der Waals surface area contributed by atoms with Gasteiger partial charge in [-0.05, 0) is 109 Å². The minimum absolute atomic E-state index is 0.908. The van der Waals surface area contributed by atoms with Crippen LogP contribution >= 0.6 is 0 Å². The van der Waals surface area contributed by atoms with Crippen LogP contribution < -0.4 is 4.90 Å². The van der Waals surface area contributed by atoms with Gasteiger partial charge in [0.25, 0.3) is 0 Å². The first kappa shape index (κ1) is 28.4. The molecule has 0 bridgehead atoms. The number of benzene rings is 9. The second-order valence-electron chi connectivity index (χ2n) is 13.0. The molecule has 0 fully saturated rings. The summed E-state index contributed by atoms with van der Waals surface area (Å²) in [7, 11) is 0. The topological polar surface area (TPSA) is 16.4 Å². The molecule has 0 saturated carbocycles. The second kappa shape index (κ2) is 11.5. The summed E-state index contributed by atoms with van der Waals surface area (Å²) in [6.45, 7) is 0. The van der Waals surface area contributed by atoms with Gasteiger partial charge in [-0.15, -0.1) is 0 Å². The summed E-state index contributed by atoms with van der Waals surface area (Å²) >= 11 is 0. The van der Waals surface area contributed by atoms with Crippen LogP contribution in [0.3, 0.4) is 0 Å². The van der Waals surface area contributed by atoms with Crippen molar-refractivity contribution in [2.75, 3.05) is 4.90 Å². The molecule has 0 N–H and O–H groups in total. The zero-order chi connectivity index (χ0) is 33.0. The van der Waals surface area contributed by atoms with E-state index < -0.39 is 0 Å². The molecule has 1 heterocycles. The molecule has 0 aliphatic carbocycles. The van der Waals surface area contributed by atoms with E-state index in [-0.39, 0.29) is 0 Å². The Balaban J connectivity index is 1.09. The highest BCUT2D eigenvalue weighted by molar-refractivity contribution is 6.19. The summed E-state index contributed by atoms with van der Waals surface area (Å²) in [5.74, 6) is 0. The van der Waals surface area contributed by atoms with Crippen molar-refractivity contribution >= 4 is 71.3 Å². The highest BCUT2D eigenvalue weighted by Gasteiger charge is 2.16. The highest BCUT2D eigenvalue weighted by atomic mass is 16.3. The first-order valence-corrected chi connectivity index (χ1v) is 17.1. The first-order valence-electron chi connectivity index (χ1n) is 17.1. The minimum atomic E-state index is 0.908. The van der Waals surface area contributed by atoms with Crippen LogP contribution in [0.25, 0.3) is 76.5 Å². The molecular weight excluding hydrogens is 607 g/mol. The van der Waals surface area contributed by atoms with Gasteiger partial charge >= 0.3 is 0 Å². The van der Waals surface area contributed by atoms with Crippen molar-refractivity contribution in [3.05, 3.63) is 188 Å². The third kappa shape index (κ3) is 4.73. The summed E-state index contributed by atoms with van der Waals surface area (Å²) in [6, 6.07) is 67.6. The monoisotopic (exact) mass is 637 g/mol. The van der Waals surface area contributed by atoms with Crippen LogP contribution in [0.2, 0.25) is 0 Å². The Bertz CT molecular complexity index is 2850. The highest BCUT2D eigenvalue weighted by Crippen LogP contribution is 2.40. The van der Waals surface area contributed by atoms with Crippen LogP contribution in [0.15, 0.2) is 192 Å². The fraction of sp³-hybridized carbons (Fsp3) is 0. The predicted molar refractivity (Wildman–Crippen MR) is 212 cm³/mol. The van der Waals surface area contributed by atoms with E-state index in [0.717, 1.165) is 44.7 Å². The molecule has 0 saturated heterocycles. The van der Waals surface area contributed by atoms with E-state index in [4.69, 9.17) is 4.42 Å². The fourth-order valence-electron chi connectivity index (χ4n) is 7.54. The molecule has 0 aliphatic rings. The van der Waals surface area contributed by atoms with Crippen molar-refractivity contribution in [3.8, 4) is 22.3 Å². The van der Waals surface area contributed by atoms with Crippen LogP contribution in [0.4, 0.5) is 17.1 Å². The fourth-order valence-corrected chi connectivity index (χ4v) is 7.54. The lowest BCUT2D eigenvalue weighted by Gasteiger charge is -2.26. The lowest BCUT2D eigenvalue weighted by atomic mass is 9.99. The molecule has 0 atom stereocenters.